The molecule has 0 spiro atoms. The van der Waals surface area contributed by atoms with Gasteiger partial charge >= 0.3 is 0 Å². The van der Waals surface area contributed by atoms with Crippen molar-refractivity contribution in [2.45, 2.75) is 4.90 Å². The van der Waals surface area contributed by atoms with Gasteiger partial charge in [0.1, 0.15) is 16.5 Å². The Morgan fingerprint density at radius 3 is 2.12 bits per heavy atom. The van der Waals surface area contributed by atoms with Crippen molar-refractivity contribution in [3.63, 3.8) is 0 Å². The molecule has 7 heteroatoms. The van der Waals surface area contributed by atoms with Crippen LogP contribution in [0.2, 0.25) is 0 Å². The summed E-state index contributed by atoms with van der Waals surface area (Å²) in [6, 6.07) is 12.6. The van der Waals surface area contributed by atoms with E-state index in [4.69, 9.17) is 9.88 Å². The summed E-state index contributed by atoms with van der Waals surface area (Å²) in [5.74, 6) is -0.144. The van der Waals surface area contributed by atoms with Gasteiger partial charge in [-0.1, -0.05) is 18.2 Å². The number of benzene rings is 2. The van der Waals surface area contributed by atoms with Crippen LogP contribution in [0.4, 0.5) is 4.39 Å². The summed E-state index contributed by atoms with van der Waals surface area (Å²) in [5.41, 5.74) is 2.91. The van der Waals surface area contributed by atoms with Crippen molar-refractivity contribution < 1.29 is 17.5 Å². The average Bonchev–Trinajstić information content (AvgIpc) is 2.61. The minimum Gasteiger partial charge on any atom is -0.495 e. The Labute approximate surface area is 145 Å². The molecular weight excluding hydrogens is 343 g/mol. The number of primary sulfonamides is 1. The summed E-state index contributed by atoms with van der Waals surface area (Å²) in [6.07, 6.45) is 3.27. The molecule has 0 aliphatic rings. The smallest absolute Gasteiger partial charge is 0.241 e. The second kappa shape index (κ2) is 6.62. The van der Waals surface area contributed by atoms with E-state index in [1.165, 1.54) is 25.3 Å². The molecule has 3 rings (SSSR count). The maximum absolute atomic E-state index is 13.1. The Hall–Kier alpha value is -2.77. The molecule has 128 valence electrons. The molecular formula is C18H15FN2O3S. The van der Waals surface area contributed by atoms with Gasteiger partial charge in [-0.15, -0.1) is 0 Å². The zero-order chi connectivity index (χ0) is 18.0. The van der Waals surface area contributed by atoms with Crippen LogP contribution >= 0.6 is 0 Å². The zero-order valence-corrected chi connectivity index (χ0v) is 14.1. The van der Waals surface area contributed by atoms with Gasteiger partial charge in [0, 0.05) is 23.5 Å². The highest BCUT2D eigenvalue weighted by Gasteiger charge is 2.16. The van der Waals surface area contributed by atoms with Crippen LogP contribution < -0.4 is 9.88 Å². The number of sulfonamides is 1. The van der Waals surface area contributed by atoms with Gasteiger partial charge in [-0.05, 0) is 41.5 Å². The molecule has 0 radical (unpaired) electrons. The van der Waals surface area contributed by atoms with Crippen LogP contribution in [-0.2, 0) is 10.0 Å². The van der Waals surface area contributed by atoms with E-state index in [-0.39, 0.29) is 16.5 Å². The molecule has 0 saturated heterocycles. The maximum atomic E-state index is 13.1. The molecule has 5 nitrogen and oxygen atoms in total. The van der Waals surface area contributed by atoms with E-state index in [0.717, 1.165) is 11.1 Å². The number of ether oxygens (including phenoxy) is 1. The van der Waals surface area contributed by atoms with Crippen molar-refractivity contribution in [1.82, 2.24) is 4.98 Å². The first-order valence-corrected chi connectivity index (χ1v) is 8.85. The molecule has 0 bridgehead atoms. The topological polar surface area (TPSA) is 82.3 Å². The first kappa shape index (κ1) is 17.1. The summed E-state index contributed by atoms with van der Waals surface area (Å²) in [7, 11) is -2.55. The first-order chi connectivity index (χ1) is 11.9. The lowest BCUT2D eigenvalue weighted by Gasteiger charge is -2.10. The van der Waals surface area contributed by atoms with Gasteiger partial charge < -0.3 is 4.74 Å². The molecule has 2 aromatic carbocycles. The molecule has 0 atom stereocenters. The number of nitrogens with two attached hydrogens (primary N) is 1. The fourth-order valence-corrected chi connectivity index (χ4v) is 3.20. The van der Waals surface area contributed by atoms with E-state index in [9.17, 15) is 12.8 Å². The third-order valence-corrected chi connectivity index (χ3v) is 4.65. The number of hydrogen-bond acceptors (Lipinski definition) is 4. The van der Waals surface area contributed by atoms with Crippen LogP contribution in [0.3, 0.4) is 0 Å². The van der Waals surface area contributed by atoms with E-state index in [2.05, 4.69) is 4.98 Å². The van der Waals surface area contributed by atoms with Gasteiger partial charge in [-0.3, -0.25) is 4.98 Å². The van der Waals surface area contributed by atoms with E-state index in [1.54, 1.807) is 36.7 Å². The predicted octanol–water partition coefficient (Wildman–Crippen LogP) is 3.21. The third-order valence-electron chi connectivity index (χ3n) is 3.72. The Kier molecular flexibility index (Phi) is 4.52. The number of aromatic nitrogens is 1. The largest absolute Gasteiger partial charge is 0.495 e. The highest BCUT2D eigenvalue weighted by Crippen LogP contribution is 2.31. The van der Waals surface area contributed by atoms with Gasteiger partial charge in [0.15, 0.2) is 0 Å². The first-order valence-electron chi connectivity index (χ1n) is 7.31. The molecule has 3 aromatic rings. The zero-order valence-electron chi connectivity index (χ0n) is 13.3. The Bertz CT molecular complexity index is 1020. The Balaban J connectivity index is 2.08. The van der Waals surface area contributed by atoms with E-state index in [0.29, 0.717) is 11.1 Å². The number of rotatable bonds is 4. The van der Waals surface area contributed by atoms with Crippen LogP contribution in [0.15, 0.2) is 65.8 Å². The fraction of sp³-hybridized carbons (Fsp3) is 0.0556. The molecule has 25 heavy (non-hydrogen) atoms. The van der Waals surface area contributed by atoms with Crippen molar-refractivity contribution in [2.24, 2.45) is 5.14 Å². The molecule has 0 amide bonds. The molecule has 1 heterocycles. The number of hydrogen-bond donors (Lipinski definition) is 1. The van der Waals surface area contributed by atoms with Crippen molar-refractivity contribution in [3.8, 4) is 28.0 Å². The Morgan fingerprint density at radius 1 is 0.920 bits per heavy atom. The molecule has 0 aliphatic heterocycles. The molecule has 0 saturated carbocycles. The molecule has 0 aliphatic carbocycles. The Morgan fingerprint density at radius 2 is 1.52 bits per heavy atom. The van der Waals surface area contributed by atoms with Crippen LogP contribution in [0, 0.1) is 5.82 Å². The quantitative estimate of drug-likeness (QED) is 0.776. The lowest BCUT2D eigenvalue weighted by atomic mass is 10.0. The second-order valence-corrected chi connectivity index (χ2v) is 6.91. The second-order valence-electron chi connectivity index (χ2n) is 5.38. The summed E-state index contributed by atoms with van der Waals surface area (Å²) in [5, 5.41) is 5.26. The maximum Gasteiger partial charge on any atom is 0.241 e. The van der Waals surface area contributed by atoms with Gasteiger partial charge in [-0.25, -0.2) is 17.9 Å². The van der Waals surface area contributed by atoms with E-state index in [1.807, 2.05) is 6.07 Å². The fourth-order valence-electron chi connectivity index (χ4n) is 2.48. The van der Waals surface area contributed by atoms with Gasteiger partial charge in [-0.2, -0.15) is 0 Å². The summed E-state index contributed by atoms with van der Waals surface area (Å²) >= 11 is 0. The number of nitrogens with zero attached hydrogens (tertiary/aromatic N) is 1. The molecule has 0 fully saturated rings. The number of methoxy groups -OCH3 is 1. The van der Waals surface area contributed by atoms with Crippen LogP contribution in [0.1, 0.15) is 0 Å². The van der Waals surface area contributed by atoms with Crippen LogP contribution in [0.25, 0.3) is 22.3 Å². The predicted molar refractivity (Wildman–Crippen MR) is 93.0 cm³/mol. The van der Waals surface area contributed by atoms with Crippen molar-refractivity contribution in [3.05, 3.63) is 66.7 Å². The molecule has 2 N–H and O–H groups in total. The molecule has 1 aromatic heterocycles. The van der Waals surface area contributed by atoms with Crippen molar-refractivity contribution in [2.75, 3.05) is 7.11 Å². The summed E-state index contributed by atoms with van der Waals surface area (Å²) in [4.78, 5) is 4.09. The standard InChI is InChI=1S/C18H15FN2O3S/c1-24-17-7-4-13(9-18(17)25(20,22)23)15-8-14(10-21-11-15)12-2-5-16(19)6-3-12/h2-11H,1H3,(H2,20,22,23). The molecule has 0 unspecified atom stereocenters. The normalized spacial score (nSPS) is 11.3. The lowest BCUT2D eigenvalue weighted by Crippen LogP contribution is -2.13. The minimum absolute atomic E-state index is 0.0975. The van der Waals surface area contributed by atoms with E-state index >= 15 is 0 Å². The van der Waals surface area contributed by atoms with Crippen LogP contribution in [-0.4, -0.2) is 20.5 Å². The van der Waals surface area contributed by atoms with E-state index < -0.39 is 10.0 Å². The van der Waals surface area contributed by atoms with Crippen molar-refractivity contribution >= 4 is 10.0 Å². The van der Waals surface area contributed by atoms with Gasteiger partial charge in [0.25, 0.3) is 0 Å². The highest BCUT2D eigenvalue weighted by atomic mass is 32.2. The van der Waals surface area contributed by atoms with Gasteiger partial charge in [0.05, 0.1) is 7.11 Å². The minimum atomic E-state index is -3.93. The number of pyridine rings is 1. The SMILES string of the molecule is COc1ccc(-c2cncc(-c3ccc(F)cc3)c2)cc1S(N)(=O)=O. The lowest BCUT2D eigenvalue weighted by molar-refractivity contribution is 0.403. The number of halogens is 1. The summed E-state index contributed by atoms with van der Waals surface area (Å²) in [6.45, 7) is 0. The average molecular weight is 358 g/mol. The third kappa shape index (κ3) is 3.67. The summed E-state index contributed by atoms with van der Waals surface area (Å²) < 4.78 is 41.7. The van der Waals surface area contributed by atoms with Crippen LogP contribution in [0.5, 0.6) is 5.75 Å². The highest BCUT2D eigenvalue weighted by molar-refractivity contribution is 7.89. The van der Waals surface area contributed by atoms with Gasteiger partial charge in [0.2, 0.25) is 10.0 Å². The van der Waals surface area contributed by atoms with Crippen molar-refractivity contribution in [1.29, 1.82) is 0 Å². The monoisotopic (exact) mass is 358 g/mol.